The first kappa shape index (κ1) is 12.0. The summed E-state index contributed by atoms with van der Waals surface area (Å²) in [4.78, 5) is 22.9. The molecule has 0 aliphatic carbocycles. The zero-order valence-electron chi connectivity index (χ0n) is 11.4. The standard InChI is InChI=1S/C17H13N3O/c21-17(20-9-13-8-18-11-19-16(13)10-20)15-7-3-5-12-4-1-2-6-14(12)15/h1-8,11H,9-10H2. The smallest absolute Gasteiger partial charge is 0.255 e. The fourth-order valence-electron chi connectivity index (χ4n) is 2.83. The Kier molecular flexibility index (Phi) is 2.67. The maximum Gasteiger partial charge on any atom is 0.255 e. The van der Waals surface area contributed by atoms with E-state index in [1.165, 1.54) is 6.33 Å². The van der Waals surface area contributed by atoms with Crippen molar-refractivity contribution in [3.05, 3.63) is 71.8 Å². The number of fused-ring (bicyclic) bond motifs is 2. The Balaban J connectivity index is 1.72. The summed E-state index contributed by atoms with van der Waals surface area (Å²) in [6.07, 6.45) is 3.32. The second-order valence-electron chi connectivity index (χ2n) is 5.18. The number of hydrogen-bond donors (Lipinski definition) is 0. The molecular weight excluding hydrogens is 262 g/mol. The minimum Gasteiger partial charge on any atom is -0.328 e. The maximum absolute atomic E-state index is 12.8. The van der Waals surface area contributed by atoms with Gasteiger partial charge in [-0.2, -0.15) is 0 Å². The third-order valence-electron chi connectivity index (χ3n) is 3.89. The molecule has 2 heterocycles. The van der Waals surface area contributed by atoms with Crippen LogP contribution in [0.25, 0.3) is 10.8 Å². The molecule has 1 amide bonds. The van der Waals surface area contributed by atoms with Gasteiger partial charge in [0.1, 0.15) is 6.33 Å². The quantitative estimate of drug-likeness (QED) is 0.686. The van der Waals surface area contributed by atoms with E-state index in [0.717, 1.165) is 27.6 Å². The molecule has 0 N–H and O–H groups in total. The number of carbonyl (C=O) groups excluding carboxylic acids is 1. The van der Waals surface area contributed by atoms with Gasteiger partial charge in [-0.3, -0.25) is 4.79 Å². The van der Waals surface area contributed by atoms with Gasteiger partial charge in [0.2, 0.25) is 0 Å². The van der Waals surface area contributed by atoms with Crippen LogP contribution in [0.1, 0.15) is 21.6 Å². The lowest BCUT2D eigenvalue weighted by Crippen LogP contribution is -2.25. The summed E-state index contributed by atoms with van der Waals surface area (Å²) in [7, 11) is 0. The molecule has 1 aliphatic rings. The van der Waals surface area contributed by atoms with Crippen LogP contribution in [-0.2, 0) is 13.1 Å². The summed E-state index contributed by atoms with van der Waals surface area (Å²) >= 11 is 0. The SMILES string of the molecule is O=C(c1cccc2ccccc12)N1Cc2cncnc2C1. The normalized spacial score (nSPS) is 13.4. The van der Waals surface area contributed by atoms with E-state index in [1.54, 1.807) is 6.20 Å². The molecule has 0 radical (unpaired) electrons. The maximum atomic E-state index is 12.8. The summed E-state index contributed by atoms with van der Waals surface area (Å²) in [6, 6.07) is 13.8. The molecule has 0 saturated carbocycles. The Morgan fingerprint density at radius 2 is 1.90 bits per heavy atom. The summed E-state index contributed by atoms with van der Waals surface area (Å²) in [5, 5.41) is 2.08. The molecule has 4 nitrogen and oxygen atoms in total. The highest BCUT2D eigenvalue weighted by Gasteiger charge is 2.26. The monoisotopic (exact) mass is 275 g/mol. The molecule has 0 saturated heterocycles. The Bertz CT molecular complexity index is 814. The van der Waals surface area contributed by atoms with E-state index < -0.39 is 0 Å². The minimum atomic E-state index is 0.0461. The number of aromatic nitrogens is 2. The van der Waals surface area contributed by atoms with Crippen LogP contribution in [0.15, 0.2) is 55.0 Å². The van der Waals surface area contributed by atoms with E-state index in [0.29, 0.717) is 13.1 Å². The summed E-state index contributed by atoms with van der Waals surface area (Å²) in [5.41, 5.74) is 2.72. The first-order valence-electron chi connectivity index (χ1n) is 6.88. The van der Waals surface area contributed by atoms with E-state index in [-0.39, 0.29) is 5.91 Å². The van der Waals surface area contributed by atoms with Gasteiger partial charge in [-0.1, -0.05) is 36.4 Å². The molecule has 0 spiro atoms. The van der Waals surface area contributed by atoms with Gasteiger partial charge in [0.15, 0.2) is 0 Å². The van der Waals surface area contributed by atoms with Gasteiger partial charge < -0.3 is 4.90 Å². The van der Waals surface area contributed by atoms with Gasteiger partial charge in [-0.05, 0) is 16.8 Å². The highest BCUT2D eigenvalue weighted by molar-refractivity contribution is 6.07. The first-order valence-corrected chi connectivity index (χ1v) is 6.88. The van der Waals surface area contributed by atoms with E-state index in [9.17, 15) is 4.79 Å². The molecule has 0 fully saturated rings. The van der Waals surface area contributed by atoms with Crippen LogP contribution in [0.4, 0.5) is 0 Å². The Morgan fingerprint density at radius 1 is 1.05 bits per heavy atom. The van der Waals surface area contributed by atoms with E-state index in [4.69, 9.17) is 0 Å². The second-order valence-corrected chi connectivity index (χ2v) is 5.18. The van der Waals surface area contributed by atoms with Crippen molar-refractivity contribution >= 4 is 16.7 Å². The van der Waals surface area contributed by atoms with Crippen molar-refractivity contribution in [2.75, 3.05) is 0 Å². The molecule has 0 atom stereocenters. The van der Waals surface area contributed by atoms with Gasteiger partial charge in [0.25, 0.3) is 5.91 Å². The van der Waals surface area contributed by atoms with Gasteiger partial charge in [0, 0.05) is 23.9 Å². The number of hydrogen-bond acceptors (Lipinski definition) is 3. The molecular formula is C17H13N3O. The number of nitrogens with zero attached hydrogens (tertiary/aromatic N) is 3. The number of amides is 1. The lowest BCUT2D eigenvalue weighted by Gasteiger charge is -2.16. The van der Waals surface area contributed by atoms with Crippen molar-refractivity contribution in [3.63, 3.8) is 0 Å². The lowest BCUT2D eigenvalue weighted by molar-refractivity contribution is 0.0752. The van der Waals surface area contributed by atoms with Crippen molar-refractivity contribution < 1.29 is 4.79 Å². The van der Waals surface area contributed by atoms with Gasteiger partial charge in [0.05, 0.1) is 12.2 Å². The highest BCUT2D eigenvalue weighted by atomic mass is 16.2. The zero-order chi connectivity index (χ0) is 14.2. The largest absolute Gasteiger partial charge is 0.328 e. The third-order valence-corrected chi connectivity index (χ3v) is 3.89. The van der Waals surface area contributed by atoms with Crippen LogP contribution in [-0.4, -0.2) is 20.8 Å². The summed E-state index contributed by atoms with van der Waals surface area (Å²) in [5.74, 6) is 0.0461. The predicted molar refractivity (Wildman–Crippen MR) is 79.6 cm³/mol. The average molecular weight is 275 g/mol. The van der Waals surface area contributed by atoms with Crippen molar-refractivity contribution in [2.45, 2.75) is 13.1 Å². The highest BCUT2D eigenvalue weighted by Crippen LogP contribution is 2.25. The predicted octanol–water partition coefficient (Wildman–Crippen LogP) is 2.79. The van der Waals surface area contributed by atoms with E-state index in [2.05, 4.69) is 9.97 Å². The topological polar surface area (TPSA) is 46.1 Å². The summed E-state index contributed by atoms with van der Waals surface area (Å²) < 4.78 is 0. The van der Waals surface area contributed by atoms with Crippen LogP contribution >= 0.6 is 0 Å². The van der Waals surface area contributed by atoms with Crippen LogP contribution in [0.3, 0.4) is 0 Å². The summed E-state index contributed by atoms with van der Waals surface area (Å²) in [6.45, 7) is 1.14. The molecule has 4 rings (SSSR count). The van der Waals surface area contributed by atoms with Crippen LogP contribution in [0.2, 0.25) is 0 Å². The van der Waals surface area contributed by atoms with Crippen molar-refractivity contribution in [2.24, 2.45) is 0 Å². The van der Waals surface area contributed by atoms with Crippen LogP contribution < -0.4 is 0 Å². The van der Waals surface area contributed by atoms with Gasteiger partial charge in [-0.15, -0.1) is 0 Å². The molecule has 0 bridgehead atoms. The number of carbonyl (C=O) groups is 1. The van der Waals surface area contributed by atoms with Crippen molar-refractivity contribution in [1.29, 1.82) is 0 Å². The number of benzene rings is 2. The number of rotatable bonds is 1. The van der Waals surface area contributed by atoms with Gasteiger partial charge >= 0.3 is 0 Å². The molecule has 102 valence electrons. The molecule has 3 aromatic rings. The lowest BCUT2D eigenvalue weighted by atomic mass is 10.0. The Labute approximate surface area is 122 Å². The first-order chi connectivity index (χ1) is 10.3. The molecule has 4 heteroatoms. The van der Waals surface area contributed by atoms with Crippen molar-refractivity contribution in [3.8, 4) is 0 Å². The van der Waals surface area contributed by atoms with E-state index >= 15 is 0 Å². The fraction of sp³-hybridized carbons (Fsp3) is 0.118. The van der Waals surface area contributed by atoms with Gasteiger partial charge in [-0.25, -0.2) is 9.97 Å². The van der Waals surface area contributed by atoms with Crippen LogP contribution in [0, 0.1) is 0 Å². The third kappa shape index (κ3) is 1.96. The Morgan fingerprint density at radius 3 is 2.81 bits per heavy atom. The second kappa shape index (κ2) is 4.66. The zero-order valence-corrected chi connectivity index (χ0v) is 11.4. The minimum absolute atomic E-state index is 0.0461. The van der Waals surface area contributed by atoms with Crippen molar-refractivity contribution in [1.82, 2.24) is 14.9 Å². The average Bonchev–Trinajstić information content (AvgIpc) is 2.97. The molecule has 21 heavy (non-hydrogen) atoms. The molecule has 1 aliphatic heterocycles. The molecule has 0 unspecified atom stereocenters. The molecule has 1 aromatic heterocycles. The Hall–Kier alpha value is -2.75. The molecule has 2 aromatic carbocycles. The fourth-order valence-corrected chi connectivity index (χ4v) is 2.83. The van der Waals surface area contributed by atoms with Crippen LogP contribution in [0.5, 0.6) is 0 Å². The van der Waals surface area contributed by atoms with E-state index in [1.807, 2.05) is 47.4 Å².